The summed E-state index contributed by atoms with van der Waals surface area (Å²) in [7, 11) is 0. The van der Waals surface area contributed by atoms with Gasteiger partial charge in [-0.2, -0.15) is 0 Å². The molecule has 0 saturated carbocycles. The molecule has 0 bridgehead atoms. The van der Waals surface area contributed by atoms with Crippen molar-refractivity contribution in [2.45, 2.75) is 37.3 Å². The minimum atomic E-state index is -0.118. The van der Waals surface area contributed by atoms with Crippen molar-refractivity contribution in [2.24, 2.45) is 0 Å². The molecule has 100 valence electrons. The van der Waals surface area contributed by atoms with Crippen molar-refractivity contribution >= 4 is 12.4 Å². The van der Waals surface area contributed by atoms with E-state index in [2.05, 4.69) is 0 Å². The summed E-state index contributed by atoms with van der Waals surface area (Å²) >= 11 is 0. The lowest BCUT2D eigenvalue weighted by Crippen LogP contribution is -2.47. The van der Waals surface area contributed by atoms with Crippen LogP contribution in [0.5, 0.6) is 0 Å². The Labute approximate surface area is 112 Å². The number of hydrogen-bond acceptors (Lipinski definition) is 3. The summed E-state index contributed by atoms with van der Waals surface area (Å²) in [5, 5.41) is 0. The molecule has 0 N–H and O–H groups in total. The minimum absolute atomic E-state index is 0.0877. The average Bonchev–Trinajstić information content (AvgIpc) is 2.80. The molecule has 0 aliphatic carbocycles. The van der Waals surface area contributed by atoms with Crippen LogP contribution in [-0.4, -0.2) is 36.0 Å². The summed E-state index contributed by atoms with van der Waals surface area (Å²) in [5.74, 6) is 0.320. The molecule has 2 aliphatic heterocycles. The predicted molar refractivity (Wildman–Crippen MR) is 69.5 cm³/mol. The maximum atomic E-state index is 11.9. The van der Waals surface area contributed by atoms with Gasteiger partial charge in [0.2, 0.25) is 5.91 Å². The fourth-order valence-corrected chi connectivity index (χ4v) is 3.29. The zero-order chi connectivity index (χ0) is 13.2. The van der Waals surface area contributed by atoms with Crippen molar-refractivity contribution in [3.8, 4) is 0 Å². The van der Waals surface area contributed by atoms with Crippen molar-refractivity contribution in [2.75, 3.05) is 6.54 Å². The van der Waals surface area contributed by atoms with Crippen LogP contribution in [0, 0.1) is 0 Å². The number of benzene rings is 1. The largest absolute Gasteiger partial charge is 0.464 e. The summed E-state index contributed by atoms with van der Waals surface area (Å²) < 4.78 is 5.27. The second-order valence-electron chi connectivity index (χ2n) is 5.26. The van der Waals surface area contributed by atoms with Gasteiger partial charge in [0.1, 0.15) is 6.10 Å². The molecular weight excluding hydrogens is 242 g/mol. The number of fused-ring (bicyclic) bond motifs is 1. The van der Waals surface area contributed by atoms with Gasteiger partial charge in [0.15, 0.2) is 0 Å². The SMILES string of the molecule is O=CO[C@H]1C[C@H]2CCC(=O)N2C[C@H]1c1ccccc1. The third kappa shape index (κ3) is 2.23. The number of amides is 1. The molecule has 2 heterocycles. The van der Waals surface area contributed by atoms with Crippen molar-refractivity contribution < 1.29 is 14.3 Å². The molecule has 0 radical (unpaired) electrons. The number of carbonyl (C=O) groups excluding carboxylic acids is 2. The first kappa shape index (κ1) is 12.2. The second-order valence-corrected chi connectivity index (χ2v) is 5.26. The Morgan fingerprint density at radius 2 is 2.05 bits per heavy atom. The zero-order valence-corrected chi connectivity index (χ0v) is 10.7. The highest BCUT2D eigenvalue weighted by molar-refractivity contribution is 5.79. The molecule has 19 heavy (non-hydrogen) atoms. The molecule has 3 atom stereocenters. The van der Waals surface area contributed by atoms with Gasteiger partial charge in [0.05, 0.1) is 0 Å². The highest BCUT2D eigenvalue weighted by atomic mass is 16.5. The summed E-state index contributed by atoms with van der Waals surface area (Å²) in [5.41, 5.74) is 1.13. The van der Waals surface area contributed by atoms with Gasteiger partial charge in [0.25, 0.3) is 6.47 Å². The molecule has 1 amide bonds. The maximum absolute atomic E-state index is 11.9. The third-order valence-electron chi connectivity index (χ3n) is 4.26. The van der Waals surface area contributed by atoms with E-state index in [0.717, 1.165) is 18.4 Å². The quantitative estimate of drug-likeness (QED) is 0.776. The van der Waals surface area contributed by atoms with Crippen LogP contribution in [0.3, 0.4) is 0 Å². The van der Waals surface area contributed by atoms with Crippen LogP contribution in [0.2, 0.25) is 0 Å². The molecule has 2 aliphatic rings. The number of carbonyl (C=O) groups is 2. The summed E-state index contributed by atoms with van der Waals surface area (Å²) in [4.78, 5) is 24.5. The Morgan fingerprint density at radius 3 is 2.79 bits per heavy atom. The van der Waals surface area contributed by atoms with Crippen molar-refractivity contribution in [1.82, 2.24) is 4.90 Å². The van der Waals surface area contributed by atoms with E-state index in [4.69, 9.17) is 4.74 Å². The van der Waals surface area contributed by atoms with Crippen molar-refractivity contribution in [3.63, 3.8) is 0 Å². The average molecular weight is 259 g/mol. The Hall–Kier alpha value is -1.84. The van der Waals surface area contributed by atoms with Crippen LogP contribution in [0.25, 0.3) is 0 Å². The van der Waals surface area contributed by atoms with E-state index in [9.17, 15) is 9.59 Å². The van der Waals surface area contributed by atoms with Crippen LogP contribution in [0.4, 0.5) is 0 Å². The van der Waals surface area contributed by atoms with Gasteiger partial charge >= 0.3 is 0 Å². The van der Waals surface area contributed by atoms with Gasteiger partial charge in [-0.15, -0.1) is 0 Å². The first-order chi connectivity index (χ1) is 9.29. The lowest BCUT2D eigenvalue weighted by Gasteiger charge is -2.40. The van der Waals surface area contributed by atoms with Gasteiger partial charge in [-0.05, 0) is 12.0 Å². The number of piperidine rings is 1. The molecular formula is C15H17NO3. The lowest BCUT2D eigenvalue weighted by atomic mass is 9.85. The molecule has 4 nitrogen and oxygen atoms in total. The predicted octanol–water partition coefficient (Wildman–Crippen LogP) is 1.71. The van der Waals surface area contributed by atoms with E-state index in [1.165, 1.54) is 0 Å². The van der Waals surface area contributed by atoms with Crippen LogP contribution in [0.1, 0.15) is 30.7 Å². The molecule has 4 heteroatoms. The molecule has 0 aromatic heterocycles. The molecule has 3 rings (SSSR count). The molecule has 1 aromatic rings. The monoisotopic (exact) mass is 259 g/mol. The van der Waals surface area contributed by atoms with E-state index < -0.39 is 0 Å². The molecule has 2 saturated heterocycles. The summed E-state index contributed by atoms with van der Waals surface area (Å²) in [6.07, 6.45) is 2.15. The van der Waals surface area contributed by atoms with E-state index in [0.29, 0.717) is 19.4 Å². The third-order valence-corrected chi connectivity index (χ3v) is 4.26. The van der Waals surface area contributed by atoms with Crippen molar-refractivity contribution in [1.29, 1.82) is 0 Å². The Kier molecular flexibility index (Phi) is 3.23. The van der Waals surface area contributed by atoms with Crippen LogP contribution in [-0.2, 0) is 14.3 Å². The minimum Gasteiger partial charge on any atom is -0.464 e. The van der Waals surface area contributed by atoms with Gasteiger partial charge in [-0.25, -0.2) is 0 Å². The van der Waals surface area contributed by atoms with E-state index in [1.54, 1.807) is 0 Å². The first-order valence-electron chi connectivity index (χ1n) is 6.73. The molecule has 2 fully saturated rings. The Bertz CT molecular complexity index is 474. The second kappa shape index (κ2) is 5.03. The first-order valence-corrected chi connectivity index (χ1v) is 6.73. The van der Waals surface area contributed by atoms with E-state index in [-0.39, 0.29) is 24.0 Å². The van der Waals surface area contributed by atoms with Crippen molar-refractivity contribution in [3.05, 3.63) is 35.9 Å². The smallest absolute Gasteiger partial charge is 0.293 e. The maximum Gasteiger partial charge on any atom is 0.293 e. The molecule has 0 unspecified atom stereocenters. The van der Waals surface area contributed by atoms with Gasteiger partial charge in [0, 0.05) is 31.3 Å². The standard InChI is InChI=1S/C15H17NO3/c17-10-19-14-8-12-6-7-15(18)16(12)9-13(14)11-4-2-1-3-5-11/h1-5,10,12-14H,6-9H2/t12-,13+,14+/m1/s1. The summed E-state index contributed by atoms with van der Waals surface area (Å²) in [6, 6.07) is 10.2. The highest BCUT2D eigenvalue weighted by Crippen LogP contribution is 2.36. The number of rotatable bonds is 3. The zero-order valence-electron chi connectivity index (χ0n) is 10.7. The fraction of sp³-hybridized carbons (Fsp3) is 0.467. The van der Waals surface area contributed by atoms with Crippen LogP contribution in [0.15, 0.2) is 30.3 Å². The van der Waals surface area contributed by atoms with Gasteiger partial charge < -0.3 is 9.64 Å². The number of hydrogen-bond donors (Lipinski definition) is 0. The highest BCUT2D eigenvalue weighted by Gasteiger charge is 2.42. The summed E-state index contributed by atoms with van der Waals surface area (Å²) in [6.45, 7) is 1.19. The van der Waals surface area contributed by atoms with Gasteiger partial charge in [-0.3, -0.25) is 9.59 Å². The number of ether oxygens (including phenoxy) is 1. The van der Waals surface area contributed by atoms with Crippen LogP contribution >= 0.6 is 0 Å². The topological polar surface area (TPSA) is 46.6 Å². The fourth-order valence-electron chi connectivity index (χ4n) is 3.29. The normalized spacial score (nSPS) is 30.0. The Morgan fingerprint density at radius 1 is 1.26 bits per heavy atom. The van der Waals surface area contributed by atoms with Crippen LogP contribution < -0.4 is 0 Å². The lowest BCUT2D eigenvalue weighted by molar-refractivity contribution is -0.140. The van der Waals surface area contributed by atoms with E-state index in [1.807, 2.05) is 35.2 Å². The van der Waals surface area contributed by atoms with Gasteiger partial charge in [-0.1, -0.05) is 30.3 Å². The molecule has 1 aromatic carbocycles. The molecule has 0 spiro atoms. The van der Waals surface area contributed by atoms with E-state index >= 15 is 0 Å². The number of nitrogens with zero attached hydrogens (tertiary/aromatic N) is 1. The Balaban J connectivity index is 1.86.